The minimum absolute atomic E-state index is 0.0302. The monoisotopic (exact) mass is 321 g/mol. The maximum Gasteiger partial charge on any atom is 0.430 e. The van der Waals surface area contributed by atoms with Gasteiger partial charge in [0.15, 0.2) is 0 Å². The lowest BCUT2D eigenvalue weighted by molar-refractivity contribution is 0.0591. The van der Waals surface area contributed by atoms with E-state index in [9.17, 15) is 19.9 Å². The first kappa shape index (κ1) is 15.6. The summed E-state index contributed by atoms with van der Waals surface area (Å²) in [7, 11) is 0. The van der Waals surface area contributed by atoms with Crippen LogP contribution in [0, 0.1) is 5.41 Å². The van der Waals surface area contributed by atoms with Gasteiger partial charge in [0.2, 0.25) is 0 Å². The van der Waals surface area contributed by atoms with Crippen LogP contribution in [0.3, 0.4) is 0 Å². The van der Waals surface area contributed by atoms with Gasteiger partial charge < -0.3 is 29.4 Å². The highest BCUT2D eigenvalue weighted by atomic mass is 16.6. The van der Waals surface area contributed by atoms with Crippen LogP contribution in [0.2, 0.25) is 6.32 Å². The lowest BCUT2D eigenvalue weighted by atomic mass is 9.70. The van der Waals surface area contributed by atoms with E-state index in [-0.39, 0.29) is 29.5 Å². The lowest BCUT2D eigenvalue weighted by Gasteiger charge is -2.41. The topological polar surface area (TPSA) is 123 Å². The zero-order valence-corrected chi connectivity index (χ0v) is 12.7. The number of aryl methyl sites for hydroxylation is 1. The highest BCUT2D eigenvalue weighted by Crippen LogP contribution is 2.38. The van der Waals surface area contributed by atoms with E-state index >= 15 is 0 Å². The van der Waals surface area contributed by atoms with Crippen molar-refractivity contribution in [2.45, 2.75) is 25.8 Å². The summed E-state index contributed by atoms with van der Waals surface area (Å²) < 4.78 is 10.8. The number of benzene rings is 1. The van der Waals surface area contributed by atoms with Crippen molar-refractivity contribution < 1.29 is 29.3 Å². The number of carboxylic acid groups (broad SMARTS) is 1. The number of aromatic carboxylic acids is 1. The second-order valence-corrected chi connectivity index (χ2v) is 5.98. The van der Waals surface area contributed by atoms with Gasteiger partial charge in [0.05, 0.1) is 24.7 Å². The molecule has 3 rings (SSSR count). The fourth-order valence-electron chi connectivity index (χ4n) is 2.80. The highest BCUT2D eigenvalue weighted by molar-refractivity contribution is 6.59. The average molecular weight is 321 g/mol. The maximum absolute atomic E-state index is 11.6. The molecule has 0 saturated carbocycles. The summed E-state index contributed by atoms with van der Waals surface area (Å²) in [4.78, 5) is 13.4. The molecule has 1 saturated heterocycles. The predicted molar refractivity (Wildman–Crippen MR) is 82.1 cm³/mol. The number of hydrogen-bond acceptors (Lipinski definition) is 6. The summed E-state index contributed by atoms with van der Waals surface area (Å²) in [5.41, 5.74) is 0.419. The number of likely N-dealkylation sites (tertiary alicyclic amines) is 1. The normalized spacial score (nSPS) is 19.3. The number of fused-ring (bicyclic) bond motifs is 1. The van der Waals surface area contributed by atoms with Crippen molar-refractivity contribution in [3.8, 4) is 11.5 Å². The van der Waals surface area contributed by atoms with Crippen LogP contribution in [-0.4, -0.2) is 57.8 Å². The van der Waals surface area contributed by atoms with Crippen molar-refractivity contribution in [2.75, 3.05) is 13.1 Å². The Labute approximate surface area is 132 Å². The van der Waals surface area contributed by atoms with E-state index in [0.29, 0.717) is 30.9 Å². The molecule has 2 aliphatic heterocycles. The maximum atomic E-state index is 11.6. The van der Waals surface area contributed by atoms with Gasteiger partial charge in [-0.2, -0.15) is 0 Å². The van der Waals surface area contributed by atoms with Gasteiger partial charge in [0.1, 0.15) is 17.4 Å². The molecule has 23 heavy (non-hydrogen) atoms. The molecular formula is C14H18BN2O6-. The van der Waals surface area contributed by atoms with Crippen LogP contribution >= 0.6 is 0 Å². The SMILES string of the molecule is CC(=N)N1CC(Oc2ccc3c(c2C(=O)O)O[B-](O)(O)CC3)C1. The molecule has 0 spiro atoms. The number of carboxylic acids is 1. The number of carbonyl (C=O) groups is 1. The minimum Gasteiger partial charge on any atom is -0.669 e. The van der Waals surface area contributed by atoms with Gasteiger partial charge in [-0.05, 0) is 25.0 Å². The van der Waals surface area contributed by atoms with E-state index in [2.05, 4.69) is 0 Å². The van der Waals surface area contributed by atoms with Gasteiger partial charge in [0.25, 0.3) is 0 Å². The summed E-state index contributed by atoms with van der Waals surface area (Å²) in [6, 6.07) is 3.25. The number of amidine groups is 1. The summed E-state index contributed by atoms with van der Waals surface area (Å²) in [5, 5.41) is 36.3. The zero-order chi connectivity index (χ0) is 16.8. The number of nitrogens with one attached hydrogen (secondary N) is 1. The smallest absolute Gasteiger partial charge is 0.430 e. The molecule has 1 aromatic rings. The van der Waals surface area contributed by atoms with E-state index < -0.39 is 12.7 Å². The minimum atomic E-state index is -3.04. The van der Waals surface area contributed by atoms with Crippen molar-refractivity contribution in [1.82, 2.24) is 4.90 Å². The average Bonchev–Trinajstić information content (AvgIpc) is 2.39. The molecule has 0 radical (unpaired) electrons. The Morgan fingerprint density at radius 2 is 2.13 bits per heavy atom. The van der Waals surface area contributed by atoms with E-state index in [4.69, 9.17) is 14.8 Å². The van der Waals surface area contributed by atoms with Crippen LogP contribution in [0.25, 0.3) is 0 Å². The van der Waals surface area contributed by atoms with Gasteiger partial charge in [-0.1, -0.05) is 12.4 Å². The molecule has 2 aliphatic rings. The van der Waals surface area contributed by atoms with Gasteiger partial charge in [-0.3, -0.25) is 5.41 Å². The number of hydrogen-bond donors (Lipinski definition) is 4. The molecule has 0 aliphatic carbocycles. The van der Waals surface area contributed by atoms with E-state index in [1.54, 1.807) is 24.0 Å². The lowest BCUT2D eigenvalue weighted by Crippen LogP contribution is -2.55. The Balaban J connectivity index is 1.87. The van der Waals surface area contributed by atoms with E-state index in [1.807, 2.05) is 0 Å². The summed E-state index contributed by atoms with van der Waals surface area (Å²) in [5.74, 6) is -0.711. The van der Waals surface area contributed by atoms with Crippen LogP contribution in [0.1, 0.15) is 22.8 Å². The third kappa shape index (κ3) is 2.97. The van der Waals surface area contributed by atoms with Gasteiger partial charge in [0, 0.05) is 0 Å². The molecule has 1 aromatic carbocycles. The number of rotatable bonds is 3. The molecule has 0 unspecified atom stereocenters. The third-order valence-electron chi connectivity index (χ3n) is 4.13. The fraction of sp³-hybridized carbons (Fsp3) is 0.429. The van der Waals surface area contributed by atoms with Crippen LogP contribution in [0.5, 0.6) is 11.5 Å². The Bertz CT molecular complexity index is 671. The van der Waals surface area contributed by atoms with Gasteiger partial charge in [-0.15, -0.1) is 0 Å². The summed E-state index contributed by atoms with van der Waals surface area (Å²) >= 11 is 0. The number of ether oxygens (including phenoxy) is 1. The van der Waals surface area contributed by atoms with Crippen molar-refractivity contribution >= 4 is 18.6 Å². The molecule has 0 bridgehead atoms. The molecule has 8 nitrogen and oxygen atoms in total. The van der Waals surface area contributed by atoms with Crippen LogP contribution in [0.15, 0.2) is 12.1 Å². The standard InChI is InChI=1S/C14H18BN2O6/c1-8(16)17-6-10(7-17)22-11-3-2-9-4-5-15(20,21)23-13(9)12(11)14(18)19/h2-3,10,16,20-21H,4-7H2,1H3,(H,18,19)/q-1. The van der Waals surface area contributed by atoms with Crippen molar-refractivity contribution in [1.29, 1.82) is 5.41 Å². The van der Waals surface area contributed by atoms with Crippen molar-refractivity contribution in [2.24, 2.45) is 0 Å². The molecule has 0 aromatic heterocycles. The molecule has 4 N–H and O–H groups in total. The second kappa shape index (κ2) is 5.43. The zero-order valence-electron chi connectivity index (χ0n) is 12.7. The Morgan fingerprint density at radius 1 is 1.43 bits per heavy atom. The molecular weight excluding hydrogens is 303 g/mol. The Hall–Kier alpha value is -2.26. The van der Waals surface area contributed by atoms with Crippen LogP contribution in [0.4, 0.5) is 0 Å². The first-order valence-electron chi connectivity index (χ1n) is 7.42. The molecule has 124 valence electrons. The van der Waals surface area contributed by atoms with E-state index in [1.165, 1.54) is 0 Å². The molecule has 0 amide bonds. The quantitative estimate of drug-likeness (QED) is 0.359. The molecule has 0 atom stereocenters. The molecule has 2 heterocycles. The Kier molecular flexibility index (Phi) is 3.69. The van der Waals surface area contributed by atoms with E-state index in [0.717, 1.165) is 0 Å². The van der Waals surface area contributed by atoms with Gasteiger partial charge in [-0.25, -0.2) is 4.79 Å². The van der Waals surface area contributed by atoms with Gasteiger partial charge >= 0.3 is 12.7 Å². The summed E-state index contributed by atoms with van der Waals surface area (Å²) in [6.45, 7) is -0.337. The largest absolute Gasteiger partial charge is 0.669 e. The summed E-state index contributed by atoms with van der Waals surface area (Å²) in [6.07, 6.45) is 0.142. The highest BCUT2D eigenvalue weighted by Gasteiger charge is 2.35. The third-order valence-corrected chi connectivity index (χ3v) is 4.13. The predicted octanol–water partition coefficient (Wildman–Crippen LogP) is 0.303. The Morgan fingerprint density at radius 3 is 2.74 bits per heavy atom. The molecule has 9 heteroatoms. The second-order valence-electron chi connectivity index (χ2n) is 5.98. The fourth-order valence-corrected chi connectivity index (χ4v) is 2.80. The molecule has 1 fully saturated rings. The first-order valence-corrected chi connectivity index (χ1v) is 7.42. The van der Waals surface area contributed by atoms with Crippen molar-refractivity contribution in [3.63, 3.8) is 0 Å². The van der Waals surface area contributed by atoms with Crippen molar-refractivity contribution in [3.05, 3.63) is 23.3 Å². The first-order chi connectivity index (χ1) is 10.8. The van der Waals surface area contributed by atoms with Crippen LogP contribution in [-0.2, 0) is 6.42 Å². The number of nitrogens with zero attached hydrogens (tertiary/aromatic N) is 1. The van der Waals surface area contributed by atoms with Crippen LogP contribution < -0.4 is 9.39 Å².